The maximum atomic E-state index is 11.7. The maximum Gasteiger partial charge on any atom is 0.239 e. The van der Waals surface area contributed by atoms with E-state index in [9.17, 15) is 4.79 Å². The van der Waals surface area contributed by atoms with Gasteiger partial charge in [0.2, 0.25) is 5.91 Å². The van der Waals surface area contributed by atoms with Crippen LogP contribution in [0.2, 0.25) is 0 Å². The van der Waals surface area contributed by atoms with Gasteiger partial charge in [-0.3, -0.25) is 4.79 Å². The van der Waals surface area contributed by atoms with Gasteiger partial charge in [0.05, 0.1) is 12.1 Å². The van der Waals surface area contributed by atoms with E-state index in [-0.39, 0.29) is 12.5 Å². The summed E-state index contributed by atoms with van der Waals surface area (Å²) in [6, 6.07) is 15.3. The first-order valence-electron chi connectivity index (χ1n) is 6.69. The molecule has 2 aromatic rings. The van der Waals surface area contributed by atoms with Crippen LogP contribution in [0.15, 0.2) is 48.7 Å². The van der Waals surface area contributed by atoms with Crippen molar-refractivity contribution in [2.24, 2.45) is 0 Å². The van der Waals surface area contributed by atoms with Crippen LogP contribution in [0.4, 0.5) is 5.82 Å². The number of anilines is 1. The van der Waals surface area contributed by atoms with E-state index in [0.29, 0.717) is 17.9 Å². The van der Waals surface area contributed by atoms with Crippen molar-refractivity contribution in [3.63, 3.8) is 0 Å². The lowest BCUT2D eigenvalue weighted by molar-refractivity contribution is -0.119. The number of hydrogen-bond acceptors (Lipinski definition) is 4. The fourth-order valence-electron chi connectivity index (χ4n) is 1.85. The topological polar surface area (TPSA) is 77.8 Å². The second-order valence-electron chi connectivity index (χ2n) is 4.45. The van der Waals surface area contributed by atoms with Gasteiger partial charge in [0, 0.05) is 12.7 Å². The predicted octanol–water partition coefficient (Wildman–Crippen LogP) is 1.72. The second kappa shape index (κ2) is 7.65. The molecule has 1 aromatic heterocycles. The summed E-state index contributed by atoms with van der Waals surface area (Å²) in [5, 5.41) is 14.6. The summed E-state index contributed by atoms with van der Waals surface area (Å²) < 4.78 is 0. The quantitative estimate of drug-likeness (QED) is 0.844. The van der Waals surface area contributed by atoms with Crippen molar-refractivity contribution in [2.75, 3.05) is 18.4 Å². The summed E-state index contributed by atoms with van der Waals surface area (Å²) in [4.78, 5) is 15.8. The van der Waals surface area contributed by atoms with Crippen molar-refractivity contribution in [2.45, 2.75) is 6.42 Å². The molecule has 1 amide bonds. The van der Waals surface area contributed by atoms with Gasteiger partial charge in [-0.15, -0.1) is 0 Å². The number of pyridine rings is 1. The van der Waals surface area contributed by atoms with Crippen LogP contribution in [0.3, 0.4) is 0 Å². The van der Waals surface area contributed by atoms with Gasteiger partial charge >= 0.3 is 0 Å². The maximum absolute atomic E-state index is 11.7. The molecule has 0 saturated heterocycles. The van der Waals surface area contributed by atoms with E-state index in [1.165, 1.54) is 5.56 Å². The van der Waals surface area contributed by atoms with Gasteiger partial charge in [0.15, 0.2) is 0 Å². The molecular formula is C16H16N4O. The molecule has 2 N–H and O–H groups in total. The minimum absolute atomic E-state index is 0.0977. The average Bonchev–Trinajstić information content (AvgIpc) is 2.54. The SMILES string of the molecule is N#Cc1cccnc1NCC(=O)NCCc1ccccc1. The van der Waals surface area contributed by atoms with E-state index in [2.05, 4.69) is 15.6 Å². The molecule has 0 saturated carbocycles. The fourth-order valence-corrected chi connectivity index (χ4v) is 1.85. The molecule has 2 rings (SSSR count). The van der Waals surface area contributed by atoms with E-state index >= 15 is 0 Å². The Morgan fingerprint density at radius 1 is 1.19 bits per heavy atom. The van der Waals surface area contributed by atoms with Crippen molar-refractivity contribution in [1.29, 1.82) is 5.26 Å². The van der Waals surface area contributed by atoms with Gasteiger partial charge in [-0.1, -0.05) is 30.3 Å². The Morgan fingerprint density at radius 3 is 2.76 bits per heavy atom. The zero-order valence-corrected chi connectivity index (χ0v) is 11.5. The number of nitriles is 1. The van der Waals surface area contributed by atoms with E-state index in [0.717, 1.165) is 6.42 Å². The van der Waals surface area contributed by atoms with Gasteiger partial charge in [-0.05, 0) is 24.1 Å². The van der Waals surface area contributed by atoms with Crippen LogP contribution in [0, 0.1) is 11.3 Å². The van der Waals surface area contributed by atoms with Gasteiger partial charge in [0.25, 0.3) is 0 Å². The monoisotopic (exact) mass is 280 g/mol. The highest BCUT2D eigenvalue weighted by Gasteiger charge is 2.05. The summed E-state index contributed by atoms with van der Waals surface area (Å²) in [6.07, 6.45) is 2.37. The molecule has 0 fully saturated rings. The zero-order chi connectivity index (χ0) is 14.9. The van der Waals surface area contributed by atoms with Crippen LogP contribution in [-0.2, 0) is 11.2 Å². The standard InChI is InChI=1S/C16H16N4O/c17-11-14-7-4-9-19-16(14)20-12-15(21)18-10-8-13-5-2-1-3-6-13/h1-7,9H,8,10,12H2,(H,18,21)(H,19,20). The number of benzene rings is 1. The molecule has 0 spiro atoms. The lowest BCUT2D eigenvalue weighted by atomic mass is 10.1. The number of rotatable bonds is 6. The van der Waals surface area contributed by atoms with Gasteiger partial charge < -0.3 is 10.6 Å². The van der Waals surface area contributed by atoms with Crippen LogP contribution in [0.5, 0.6) is 0 Å². The lowest BCUT2D eigenvalue weighted by Gasteiger charge is -2.08. The highest BCUT2D eigenvalue weighted by molar-refractivity contribution is 5.80. The molecule has 0 aliphatic carbocycles. The Morgan fingerprint density at radius 2 is 2.00 bits per heavy atom. The van der Waals surface area contributed by atoms with Crippen molar-refractivity contribution in [3.05, 3.63) is 59.8 Å². The van der Waals surface area contributed by atoms with Crippen LogP contribution in [-0.4, -0.2) is 24.0 Å². The molecule has 21 heavy (non-hydrogen) atoms. The van der Waals surface area contributed by atoms with Crippen LogP contribution in [0.1, 0.15) is 11.1 Å². The Hall–Kier alpha value is -2.87. The van der Waals surface area contributed by atoms with Crippen LogP contribution < -0.4 is 10.6 Å². The first-order valence-corrected chi connectivity index (χ1v) is 6.69. The molecule has 5 nitrogen and oxygen atoms in total. The minimum Gasteiger partial charge on any atom is -0.360 e. The molecular weight excluding hydrogens is 264 g/mol. The highest BCUT2D eigenvalue weighted by Crippen LogP contribution is 2.08. The molecule has 106 valence electrons. The van der Waals surface area contributed by atoms with E-state index < -0.39 is 0 Å². The normalized spacial score (nSPS) is 9.67. The average molecular weight is 280 g/mol. The number of aromatic nitrogens is 1. The third-order valence-corrected chi connectivity index (χ3v) is 2.92. The molecule has 5 heteroatoms. The summed E-state index contributed by atoms with van der Waals surface area (Å²) in [5.74, 6) is 0.304. The van der Waals surface area contributed by atoms with Crippen LogP contribution >= 0.6 is 0 Å². The molecule has 0 aliphatic heterocycles. The van der Waals surface area contributed by atoms with Crippen molar-refractivity contribution in [3.8, 4) is 6.07 Å². The summed E-state index contributed by atoms with van der Waals surface area (Å²) in [7, 11) is 0. The summed E-state index contributed by atoms with van der Waals surface area (Å²) in [5.41, 5.74) is 1.61. The number of carbonyl (C=O) groups is 1. The number of carbonyl (C=O) groups excluding carboxylic acids is 1. The molecule has 0 radical (unpaired) electrons. The Balaban J connectivity index is 1.74. The van der Waals surface area contributed by atoms with Gasteiger partial charge in [0.1, 0.15) is 11.9 Å². The Labute approximate surface area is 123 Å². The van der Waals surface area contributed by atoms with Crippen molar-refractivity contribution >= 4 is 11.7 Å². The highest BCUT2D eigenvalue weighted by atomic mass is 16.1. The molecule has 0 unspecified atom stereocenters. The molecule has 0 bridgehead atoms. The van der Waals surface area contributed by atoms with Gasteiger partial charge in [-0.2, -0.15) is 5.26 Å². The number of nitrogens with zero attached hydrogens (tertiary/aromatic N) is 2. The third kappa shape index (κ3) is 4.62. The number of nitrogens with one attached hydrogen (secondary N) is 2. The fraction of sp³-hybridized carbons (Fsp3) is 0.188. The van der Waals surface area contributed by atoms with E-state index in [4.69, 9.17) is 5.26 Å². The minimum atomic E-state index is -0.125. The van der Waals surface area contributed by atoms with Crippen molar-refractivity contribution < 1.29 is 4.79 Å². The molecule has 0 atom stereocenters. The van der Waals surface area contributed by atoms with E-state index in [1.807, 2.05) is 36.4 Å². The summed E-state index contributed by atoms with van der Waals surface area (Å²) in [6.45, 7) is 0.679. The Kier molecular flexibility index (Phi) is 5.30. The zero-order valence-electron chi connectivity index (χ0n) is 11.5. The van der Waals surface area contributed by atoms with Crippen molar-refractivity contribution in [1.82, 2.24) is 10.3 Å². The lowest BCUT2D eigenvalue weighted by Crippen LogP contribution is -2.31. The smallest absolute Gasteiger partial charge is 0.239 e. The Bertz CT molecular complexity index is 634. The first kappa shape index (κ1) is 14.5. The molecule has 1 heterocycles. The van der Waals surface area contributed by atoms with E-state index in [1.54, 1.807) is 18.3 Å². The van der Waals surface area contributed by atoms with Crippen LogP contribution in [0.25, 0.3) is 0 Å². The number of amides is 1. The largest absolute Gasteiger partial charge is 0.360 e. The molecule has 1 aromatic carbocycles. The van der Waals surface area contributed by atoms with Gasteiger partial charge in [-0.25, -0.2) is 4.98 Å². The number of hydrogen-bond donors (Lipinski definition) is 2. The third-order valence-electron chi connectivity index (χ3n) is 2.92. The predicted molar refractivity (Wildman–Crippen MR) is 80.6 cm³/mol. The molecule has 0 aliphatic rings. The first-order chi connectivity index (χ1) is 10.3. The summed E-state index contributed by atoms with van der Waals surface area (Å²) >= 11 is 0. The second-order valence-corrected chi connectivity index (χ2v) is 4.45.